The summed E-state index contributed by atoms with van der Waals surface area (Å²) in [6.45, 7) is 7.84. The van der Waals surface area contributed by atoms with E-state index in [-0.39, 0.29) is 9.79 Å². The average molecular weight is 446 g/mol. The summed E-state index contributed by atoms with van der Waals surface area (Å²) in [5, 5.41) is 0. The highest BCUT2D eigenvalue weighted by atomic mass is 32.3. The van der Waals surface area contributed by atoms with Gasteiger partial charge in [-0.2, -0.15) is 0 Å². The summed E-state index contributed by atoms with van der Waals surface area (Å²) in [7, 11) is -7.21. The molecule has 7 heteroatoms. The van der Waals surface area contributed by atoms with Gasteiger partial charge in [-0.15, -0.1) is 0 Å². The Kier molecular flexibility index (Phi) is 7.58. The Hall–Kier alpha value is -2.48. The number of sulfonamides is 2. The molecule has 0 unspecified atom stereocenters. The van der Waals surface area contributed by atoms with Crippen molar-refractivity contribution in [2.75, 3.05) is 7.05 Å². The molecule has 0 aliphatic carbocycles. The SMILES string of the molecule is Cc1ccc(C)cc1.Cc1ccc(S(=O)(=O)N(C)S(=O)(=O)c2ccc(C)cc2)cc1. The van der Waals surface area contributed by atoms with Crippen LogP contribution in [0.1, 0.15) is 22.3 Å². The molecule has 0 amide bonds. The summed E-state index contributed by atoms with van der Waals surface area (Å²) in [6.07, 6.45) is 0. The second-order valence-corrected chi connectivity index (χ2v) is 11.3. The zero-order valence-electron chi connectivity index (χ0n) is 17.8. The minimum absolute atomic E-state index is 0.0590. The first kappa shape index (κ1) is 23.8. The molecule has 0 spiro atoms. The van der Waals surface area contributed by atoms with E-state index in [0.29, 0.717) is 3.71 Å². The van der Waals surface area contributed by atoms with Crippen LogP contribution in [0.15, 0.2) is 82.6 Å². The van der Waals surface area contributed by atoms with Crippen LogP contribution in [-0.4, -0.2) is 27.6 Å². The Morgan fingerprint density at radius 3 is 0.900 bits per heavy atom. The van der Waals surface area contributed by atoms with E-state index in [9.17, 15) is 16.8 Å². The van der Waals surface area contributed by atoms with E-state index >= 15 is 0 Å². The molecule has 5 nitrogen and oxygen atoms in total. The van der Waals surface area contributed by atoms with Gasteiger partial charge < -0.3 is 0 Å². The molecular weight excluding hydrogens is 418 g/mol. The molecule has 0 aromatic heterocycles. The number of aryl methyl sites for hydroxylation is 4. The molecule has 0 radical (unpaired) electrons. The smallest absolute Gasteiger partial charge is 0.206 e. The predicted molar refractivity (Wildman–Crippen MR) is 120 cm³/mol. The summed E-state index contributed by atoms with van der Waals surface area (Å²) >= 11 is 0. The second-order valence-electron chi connectivity index (χ2n) is 7.17. The number of hydrogen-bond acceptors (Lipinski definition) is 4. The molecule has 160 valence electrons. The fraction of sp³-hybridized carbons (Fsp3) is 0.217. The predicted octanol–water partition coefficient (Wildman–Crippen LogP) is 4.62. The van der Waals surface area contributed by atoms with Crippen molar-refractivity contribution in [2.45, 2.75) is 37.5 Å². The van der Waals surface area contributed by atoms with Gasteiger partial charge in [-0.3, -0.25) is 0 Å². The summed E-state index contributed by atoms with van der Waals surface area (Å²) in [4.78, 5) is -0.118. The zero-order chi connectivity index (χ0) is 22.5. The monoisotopic (exact) mass is 445 g/mol. The first-order valence-electron chi connectivity index (χ1n) is 9.35. The number of hydrogen-bond donors (Lipinski definition) is 0. The van der Waals surface area contributed by atoms with Crippen LogP contribution in [0.2, 0.25) is 0 Å². The van der Waals surface area contributed by atoms with Crippen LogP contribution in [0.25, 0.3) is 0 Å². The van der Waals surface area contributed by atoms with Crippen molar-refractivity contribution in [3.05, 3.63) is 95.1 Å². The fourth-order valence-electron chi connectivity index (χ4n) is 2.48. The lowest BCUT2D eigenvalue weighted by molar-refractivity contribution is 0.526. The van der Waals surface area contributed by atoms with E-state index in [1.165, 1.54) is 35.4 Å². The molecule has 3 aromatic rings. The molecule has 3 aromatic carbocycles. The molecule has 0 aliphatic heterocycles. The molecule has 0 atom stereocenters. The normalized spacial score (nSPS) is 11.7. The maximum atomic E-state index is 12.5. The molecule has 0 N–H and O–H groups in total. The largest absolute Gasteiger partial charge is 0.256 e. The number of nitrogens with zero attached hydrogens (tertiary/aromatic N) is 1. The standard InChI is InChI=1S/C15H17NO4S2.C8H10/c1-12-4-8-14(9-5-12)21(17,18)16(3)22(19,20)15-10-6-13(2)7-11-15;1-7-3-5-8(2)6-4-7/h4-11H,1-3H3;3-6H,1-2H3. The average Bonchev–Trinajstić information content (AvgIpc) is 2.71. The van der Waals surface area contributed by atoms with Crippen LogP contribution < -0.4 is 0 Å². The van der Waals surface area contributed by atoms with Gasteiger partial charge in [-0.25, -0.2) is 16.8 Å². The molecule has 0 bridgehead atoms. The van der Waals surface area contributed by atoms with Crippen LogP contribution in [0.5, 0.6) is 0 Å². The van der Waals surface area contributed by atoms with Crippen molar-refractivity contribution < 1.29 is 16.8 Å². The van der Waals surface area contributed by atoms with Gasteiger partial charge >= 0.3 is 0 Å². The third-order valence-corrected chi connectivity index (χ3v) is 8.80. The maximum Gasteiger partial charge on any atom is 0.256 e. The van der Waals surface area contributed by atoms with Crippen molar-refractivity contribution in [1.82, 2.24) is 3.71 Å². The Morgan fingerprint density at radius 2 is 0.667 bits per heavy atom. The summed E-state index contributed by atoms with van der Waals surface area (Å²) < 4.78 is 50.3. The van der Waals surface area contributed by atoms with Crippen molar-refractivity contribution in [3.63, 3.8) is 0 Å². The molecule has 3 rings (SSSR count). The van der Waals surface area contributed by atoms with Gasteiger partial charge in [0, 0.05) is 7.05 Å². The lowest BCUT2D eigenvalue weighted by Gasteiger charge is -2.17. The summed E-state index contributed by atoms with van der Waals surface area (Å²) in [6, 6.07) is 20.6. The Bertz CT molecular complexity index is 1090. The van der Waals surface area contributed by atoms with Gasteiger partial charge in [0.15, 0.2) is 0 Å². The molecule has 0 saturated heterocycles. The van der Waals surface area contributed by atoms with E-state index in [4.69, 9.17) is 0 Å². The summed E-state index contributed by atoms with van der Waals surface area (Å²) in [5.74, 6) is 0. The highest BCUT2D eigenvalue weighted by Gasteiger charge is 2.32. The van der Waals surface area contributed by atoms with Gasteiger partial charge in [0.05, 0.1) is 9.79 Å². The van der Waals surface area contributed by atoms with E-state index < -0.39 is 20.0 Å². The molecule has 0 saturated carbocycles. The van der Waals surface area contributed by atoms with Crippen molar-refractivity contribution in [1.29, 1.82) is 0 Å². The van der Waals surface area contributed by atoms with Crippen LogP contribution in [0.3, 0.4) is 0 Å². The molecule has 0 aliphatic rings. The van der Waals surface area contributed by atoms with Gasteiger partial charge in [-0.1, -0.05) is 74.5 Å². The zero-order valence-corrected chi connectivity index (χ0v) is 19.5. The Labute approximate surface area is 180 Å². The van der Waals surface area contributed by atoms with E-state index in [1.54, 1.807) is 24.3 Å². The highest BCUT2D eigenvalue weighted by Crippen LogP contribution is 2.23. The Balaban J connectivity index is 0.000000335. The molecule has 30 heavy (non-hydrogen) atoms. The fourth-order valence-corrected chi connectivity index (χ4v) is 5.59. The van der Waals surface area contributed by atoms with Crippen molar-refractivity contribution in [2.24, 2.45) is 0 Å². The first-order valence-corrected chi connectivity index (χ1v) is 12.2. The van der Waals surface area contributed by atoms with Gasteiger partial charge in [0.2, 0.25) is 0 Å². The van der Waals surface area contributed by atoms with Crippen LogP contribution >= 0.6 is 0 Å². The highest BCUT2D eigenvalue weighted by molar-refractivity contribution is 8.04. The van der Waals surface area contributed by atoms with Crippen LogP contribution in [0, 0.1) is 27.7 Å². The van der Waals surface area contributed by atoms with Gasteiger partial charge in [-0.05, 0) is 52.0 Å². The molecule has 0 heterocycles. The third-order valence-electron chi connectivity index (χ3n) is 4.53. The van der Waals surface area contributed by atoms with Crippen LogP contribution in [0.4, 0.5) is 0 Å². The lowest BCUT2D eigenvalue weighted by Crippen LogP contribution is -2.33. The Morgan fingerprint density at radius 1 is 0.467 bits per heavy atom. The quantitative estimate of drug-likeness (QED) is 0.588. The lowest BCUT2D eigenvalue weighted by atomic mass is 10.2. The first-order chi connectivity index (χ1) is 13.9. The minimum Gasteiger partial charge on any atom is -0.206 e. The maximum absolute atomic E-state index is 12.5. The third kappa shape index (κ3) is 5.78. The van der Waals surface area contributed by atoms with E-state index in [2.05, 4.69) is 38.1 Å². The topological polar surface area (TPSA) is 71.5 Å². The number of benzene rings is 3. The van der Waals surface area contributed by atoms with Gasteiger partial charge in [0.1, 0.15) is 0 Å². The van der Waals surface area contributed by atoms with Crippen molar-refractivity contribution in [3.8, 4) is 0 Å². The van der Waals surface area contributed by atoms with Crippen molar-refractivity contribution >= 4 is 20.0 Å². The van der Waals surface area contributed by atoms with E-state index in [1.807, 2.05) is 13.8 Å². The summed E-state index contributed by atoms with van der Waals surface area (Å²) in [5.41, 5.74) is 4.44. The molecule has 0 fully saturated rings. The number of rotatable bonds is 4. The van der Waals surface area contributed by atoms with Crippen LogP contribution in [-0.2, 0) is 20.0 Å². The van der Waals surface area contributed by atoms with Gasteiger partial charge in [0.25, 0.3) is 20.0 Å². The van der Waals surface area contributed by atoms with E-state index in [0.717, 1.165) is 18.2 Å². The second kappa shape index (κ2) is 9.55. The minimum atomic E-state index is -4.13. The molecular formula is C23H27NO4S2.